The molecule has 0 bridgehead atoms. The monoisotopic (exact) mass is 381 g/mol. The Morgan fingerprint density at radius 2 is 1.57 bits per heavy atom. The predicted octanol–water partition coefficient (Wildman–Crippen LogP) is 5.30. The van der Waals surface area contributed by atoms with Gasteiger partial charge in [-0.3, -0.25) is 9.36 Å². The Kier molecular flexibility index (Phi) is 4.35. The molecule has 140 valence electrons. The van der Waals surface area contributed by atoms with Crippen LogP contribution in [0.3, 0.4) is 0 Å². The summed E-state index contributed by atoms with van der Waals surface area (Å²) in [6.45, 7) is 0. The zero-order valence-electron chi connectivity index (χ0n) is 14.4. The minimum atomic E-state index is -4.60. The first kappa shape index (κ1) is 17.8. The van der Waals surface area contributed by atoms with E-state index in [4.69, 9.17) is 0 Å². The fourth-order valence-corrected chi connectivity index (χ4v) is 3.00. The van der Waals surface area contributed by atoms with E-state index in [9.17, 15) is 18.0 Å². The highest BCUT2D eigenvalue weighted by Crippen LogP contribution is 2.32. The van der Waals surface area contributed by atoms with Crippen molar-refractivity contribution in [1.29, 1.82) is 0 Å². The highest BCUT2D eigenvalue weighted by atomic mass is 19.4. The van der Waals surface area contributed by atoms with Gasteiger partial charge in [-0.2, -0.15) is 13.2 Å². The van der Waals surface area contributed by atoms with E-state index in [0.29, 0.717) is 5.69 Å². The van der Waals surface area contributed by atoms with Crippen LogP contribution >= 0.6 is 0 Å². The second kappa shape index (κ2) is 6.84. The maximum atomic E-state index is 13.1. The number of rotatable bonds is 3. The molecule has 1 amide bonds. The van der Waals surface area contributed by atoms with Crippen LogP contribution in [0.5, 0.6) is 0 Å². The number of nitrogens with one attached hydrogen (secondary N) is 1. The van der Waals surface area contributed by atoms with Crippen LogP contribution in [-0.2, 0) is 6.18 Å². The Hall–Kier alpha value is -3.61. The average molecular weight is 381 g/mol. The summed E-state index contributed by atoms with van der Waals surface area (Å²) in [5.41, 5.74) is 1.62. The molecule has 0 radical (unpaired) electrons. The van der Waals surface area contributed by atoms with Gasteiger partial charge in [0, 0.05) is 11.4 Å². The first-order chi connectivity index (χ1) is 13.4. The van der Waals surface area contributed by atoms with Gasteiger partial charge in [-0.1, -0.05) is 24.3 Å². The molecule has 3 aromatic carbocycles. The first-order valence-corrected chi connectivity index (χ1v) is 8.43. The molecule has 7 heteroatoms. The fraction of sp³-hybridized carbons (Fsp3) is 0.0476. The van der Waals surface area contributed by atoms with Crippen molar-refractivity contribution in [2.45, 2.75) is 6.18 Å². The molecule has 1 aromatic heterocycles. The molecular formula is C21H14F3N3O. The third kappa shape index (κ3) is 3.34. The zero-order valence-corrected chi connectivity index (χ0v) is 14.4. The quantitative estimate of drug-likeness (QED) is 0.524. The van der Waals surface area contributed by atoms with Gasteiger partial charge in [0.1, 0.15) is 6.33 Å². The smallest absolute Gasteiger partial charge is 0.322 e. The van der Waals surface area contributed by atoms with Crippen LogP contribution in [0.2, 0.25) is 0 Å². The maximum Gasteiger partial charge on any atom is 0.417 e. The molecule has 0 saturated carbocycles. The number of hydrogen-bond acceptors (Lipinski definition) is 2. The topological polar surface area (TPSA) is 46.9 Å². The molecule has 0 aliphatic carbocycles. The second-order valence-corrected chi connectivity index (χ2v) is 6.15. The number of halogens is 3. The first-order valence-electron chi connectivity index (χ1n) is 8.43. The van der Waals surface area contributed by atoms with E-state index in [1.165, 1.54) is 12.1 Å². The average Bonchev–Trinajstić information content (AvgIpc) is 3.12. The number of benzene rings is 3. The number of alkyl halides is 3. The number of fused-ring (bicyclic) bond motifs is 1. The number of carbonyl (C=O) groups excluding carboxylic acids is 1. The Bertz CT molecular complexity index is 1150. The number of anilines is 1. The zero-order chi connectivity index (χ0) is 19.7. The normalized spacial score (nSPS) is 11.5. The van der Waals surface area contributed by atoms with Crippen molar-refractivity contribution in [2.24, 2.45) is 0 Å². The Morgan fingerprint density at radius 1 is 0.893 bits per heavy atom. The van der Waals surface area contributed by atoms with E-state index in [0.717, 1.165) is 28.9 Å². The van der Waals surface area contributed by atoms with Crippen LogP contribution in [0.15, 0.2) is 79.1 Å². The van der Waals surface area contributed by atoms with Gasteiger partial charge in [0.15, 0.2) is 0 Å². The summed E-state index contributed by atoms with van der Waals surface area (Å²) in [5.74, 6) is -0.811. The third-order valence-corrected chi connectivity index (χ3v) is 4.33. The van der Waals surface area contributed by atoms with Crippen molar-refractivity contribution < 1.29 is 18.0 Å². The van der Waals surface area contributed by atoms with E-state index in [2.05, 4.69) is 10.3 Å². The van der Waals surface area contributed by atoms with Gasteiger partial charge in [0.25, 0.3) is 5.91 Å². The molecular weight excluding hydrogens is 367 g/mol. The molecule has 4 aromatic rings. The predicted molar refractivity (Wildman–Crippen MR) is 100 cm³/mol. The molecule has 0 unspecified atom stereocenters. The lowest BCUT2D eigenvalue weighted by atomic mass is 10.1. The minimum Gasteiger partial charge on any atom is -0.322 e. The van der Waals surface area contributed by atoms with Crippen molar-refractivity contribution in [1.82, 2.24) is 9.55 Å². The third-order valence-electron chi connectivity index (χ3n) is 4.33. The van der Waals surface area contributed by atoms with Crippen molar-refractivity contribution in [2.75, 3.05) is 5.32 Å². The number of hydrogen-bond donors (Lipinski definition) is 1. The number of nitrogens with zero attached hydrogens (tertiary/aromatic N) is 2. The van der Waals surface area contributed by atoms with Gasteiger partial charge < -0.3 is 5.32 Å². The number of carbonyl (C=O) groups is 1. The van der Waals surface area contributed by atoms with E-state index in [1.807, 2.05) is 28.8 Å². The van der Waals surface area contributed by atoms with Crippen LogP contribution in [0.1, 0.15) is 15.9 Å². The molecule has 0 spiro atoms. The Labute approximate surface area is 158 Å². The van der Waals surface area contributed by atoms with Gasteiger partial charge >= 0.3 is 6.18 Å². The molecule has 0 fully saturated rings. The van der Waals surface area contributed by atoms with Gasteiger partial charge in [-0.25, -0.2) is 4.98 Å². The minimum absolute atomic E-state index is 0.398. The molecule has 28 heavy (non-hydrogen) atoms. The summed E-state index contributed by atoms with van der Waals surface area (Å²) in [5, 5.41) is 2.52. The molecule has 1 heterocycles. The van der Waals surface area contributed by atoms with Crippen molar-refractivity contribution in [3.05, 3.63) is 90.3 Å². The Balaban J connectivity index is 1.58. The highest BCUT2D eigenvalue weighted by Gasteiger charge is 2.34. The van der Waals surface area contributed by atoms with E-state index in [-0.39, 0.29) is 0 Å². The lowest BCUT2D eigenvalue weighted by Gasteiger charge is -2.13. The maximum absolute atomic E-state index is 13.1. The number of para-hydroxylation sites is 2. The van der Waals surface area contributed by atoms with Crippen LogP contribution in [0, 0.1) is 0 Å². The molecule has 0 aliphatic rings. The van der Waals surface area contributed by atoms with Crippen molar-refractivity contribution in [3.8, 4) is 5.69 Å². The standard InChI is InChI=1S/C21H14F3N3O/c22-21(23,24)17-6-2-1-5-16(17)20(28)26-14-9-11-15(12-10-14)27-13-25-18-7-3-4-8-19(18)27/h1-13H,(H,26,28). The lowest BCUT2D eigenvalue weighted by molar-refractivity contribution is -0.137. The summed E-state index contributed by atoms with van der Waals surface area (Å²) in [7, 11) is 0. The molecule has 0 atom stereocenters. The lowest BCUT2D eigenvalue weighted by Crippen LogP contribution is -2.18. The largest absolute Gasteiger partial charge is 0.417 e. The van der Waals surface area contributed by atoms with E-state index >= 15 is 0 Å². The van der Waals surface area contributed by atoms with Gasteiger partial charge in [0.05, 0.1) is 22.2 Å². The van der Waals surface area contributed by atoms with Crippen LogP contribution in [-0.4, -0.2) is 15.5 Å². The second-order valence-electron chi connectivity index (χ2n) is 6.15. The number of amides is 1. The molecule has 0 saturated heterocycles. The van der Waals surface area contributed by atoms with Crippen LogP contribution in [0.4, 0.5) is 18.9 Å². The molecule has 1 N–H and O–H groups in total. The van der Waals surface area contributed by atoms with Gasteiger partial charge in [0.2, 0.25) is 0 Å². The van der Waals surface area contributed by atoms with Gasteiger partial charge in [-0.15, -0.1) is 0 Å². The Morgan fingerprint density at radius 3 is 2.32 bits per heavy atom. The SMILES string of the molecule is O=C(Nc1ccc(-n2cnc3ccccc32)cc1)c1ccccc1C(F)(F)F. The van der Waals surface area contributed by atoms with E-state index in [1.54, 1.807) is 30.6 Å². The summed E-state index contributed by atoms with van der Waals surface area (Å²) < 4.78 is 41.2. The highest BCUT2D eigenvalue weighted by molar-refractivity contribution is 6.05. The summed E-state index contributed by atoms with van der Waals surface area (Å²) in [4.78, 5) is 16.7. The van der Waals surface area contributed by atoms with Crippen molar-refractivity contribution in [3.63, 3.8) is 0 Å². The fourth-order valence-electron chi connectivity index (χ4n) is 3.00. The summed E-state index contributed by atoms with van der Waals surface area (Å²) >= 11 is 0. The summed E-state index contributed by atoms with van der Waals surface area (Å²) in [6, 6.07) is 19.2. The van der Waals surface area contributed by atoms with E-state index < -0.39 is 23.2 Å². The summed E-state index contributed by atoms with van der Waals surface area (Å²) in [6.07, 6.45) is -2.90. The van der Waals surface area contributed by atoms with Crippen molar-refractivity contribution >= 4 is 22.6 Å². The molecule has 4 nitrogen and oxygen atoms in total. The van der Waals surface area contributed by atoms with Crippen LogP contribution in [0.25, 0.3) is 16.7 Å². The van der Waals surface area contributed by atoms with Gasteiger partial charge in [-0.05, 0) is 48.5 Å². The number of aromatic nitrogens is 2. The molecule has 4 rings (SSSR count). The number of imidazole rings is 1. The van der Waals surface area contributed by atoms with Crippen LogP contribution < -0.4 is 5.32 Å². The molecule has 0 aliphatic heterocycles.